The molecule has 0 saturated carbocycles. The molecule has 3 N–H and O–H groups in total. The van der Waals surface area contributed by atoms with Crippen LogP contribution in [0.25, 0.3) is 0 Å². The van der Waals surface area contributed by atoms with E-state index in [2.05, 4.69) is 15.3 Å². The van der Waals surface area contributed by atoms with Crippen molar-refractivity contribution < 1.29 is 0 Å². The van der Waals surface area contributed by atoms with Crippen LogP contribution in [0.1, 0.15) is 5.69 Å². The second-order valence-electron chi connectivity index (χ2n) is 3.46. The SMILES string of the molecule is Nc1cnccc1NCCc1ccccn1. The maximum Gasteiger partial charge on any atom is 0.0736 e. The van der Waals surface area contributed by atoms with Gasteiger partial charge in [0.1, 0.15) is 0 Å². The van der Waals surface area contributed by atoms with Gasteiger partial charge in [-0.1, -0.05) is 6.07 Å². The fourth-order valence-electron chi connectivity index (χ4n) is 1.44. The van der Waals surface area contributed by atoms with Crippen LogP contribution in [0.4, 0.5) is 11.4 Å². The van der Waals surface area contributed by atoms with Crippen molar-refractivity contribution >= 4 is 11.4 Å². The maximum absolute atomic E-state index is 5.76. The first kappa shape index (κ1) is 10.4. The zero-order chi connectivity index (χ0) is 11.2. The summed E-state index contributed by atoms with van der Waals surface area (Å²) >= 11 is 0. The van der Waals surface area contributed by atoms with Crippen molar-refractivity contribution in [2.24, 2.45) is 0 Å². The minimum atomic E-state index is 0.670. The highest BCUT2D eigenvalue weighted by atomic mass is 14.9. The average Bonchev–Trinajstić information content (AvgIpc) is 2.33. The molecular formula is C12H14N4. The zero-order valence-corrected chi connectivity index (χ0v) is 8.93. The summed E-state index contributed by atoms with van der Waals surface area (Å²) in [4.78, 5) is 8.18. The van der Waals surface area contributed by atoms with Crippen LogP contribution in [0.15, 0.2) is 42.9 Å². The predicted octanol–water partition coefficient (Wildman–Crippen LogP) is 1.71. The molecule has 0 saturated heterocycles. The molecule has 0 fully saturated rings. The standard InChI is InChI=1S/C12H14N4/c13-11-9-14-7-5-12(11)16-8-4-10-3-1-2-6-15-10/h1-3,5-7,9H,4,8,13H2,(H,14,16). The van der Waals surface area contributed by atoms with Gasteiger partial charge in [0.25, 0.3) is 0 Å². The van der Waals surface area contributed by atoms with E-state index in [4.69, 9.17) is 5.73 Å². The molecule has 4 heteroatoms. The van der Waals surface area contributed by atoms with E-state index < -0.39 is 0 Å². The van der Waals surface area contributed by atoms with Gasteiger partial charge in [0.05, 0.1) is 17.6 Å². The number of rotatable bonds is 4. The Bertz CT molecular complexity index is 442. The summed E-state index contributed by atoms with van der Waals surface area (Å²) in [6.45, 7) is 0.811. The Hall–Kier alpha value is -2.10. The van der Waals surface area contributed by atoms with Gasteiger partial charge in [0.2, 0.25) is 0 Å². The van der Waals surface area contributed by atoms with Crippen molar-refractivity contribution in [2.45, 2.75) is 6.42 Å². The summed E-state index contributed by atoms with van der Waals surface area (Å²) in [7, 11) is 0. The van der Waals surface area contributed by atoms with Gasteiger partial charge in [-0.2, -0.15) is 0 Å². The molecule has 0 radical (unpaired) electrons. The Labute approximate surface area is 94.5 Å². The molecule has 2 rings (SSSR count). The van der Waals surface area contributed by atoms with Crippen LogP contribution in [0.5, 0.6) is 0 Å². The fraction of sp³-hybridized carbons (Fsp3) is 0.167. The number of pyridine rings is 2. The van der Waals surface area contributed by atoms with E-state index in [0.29, 0.717) is 5.69 Å². The van der Waals surface area contributed by atoms with Crippen LogP contribution in [0.2, 0.25) is 0 Å². The lowest BCUT2D eigenvalue weighted by Crippen LogP contribution is -2.07. The maximum atomic E-state index is 5.76. The topological polar surface area (TPSA) is 63.8 Å². The Morgan fingerprint density at radius 3 is 2.88 bits per heavy atom. The van der Waals surface area contributed by atoms with E-state index in [0.717, 1.165) is 24.3 Å². The molecule has 2 aromatic heterocycles. The number of aromatic nitrogens is 2. The molecule has 0 atom stereocenters. The second kappa shape index (κ2) is 5.11. The van der Waals surface area contributed by atoms with Crippen molar-refractivity contribution in [3.8, 4) is 0 Å². The molecule has 0 aliphatic heterocycles. The van der Waals surface area contributed by atoms with Crippen LogP contribution in [0.3, 0.4) is 0 Å². The van der Waals surface area contributed by atoms with E-state index >= 15 is 0 Å². The van der Waals surface area contributed by atoms with Gasteiger partial charge in [-0.05, 0) is 18.2 Å². The van der Waals surface area contributed by atoms with E-state index in [1.807, 2.05) is 24.3 Å². The molecule has 0 aliphatic carbocycles. The minimum Gasteiger partial charge on any atom is -0.396 e. The highest BCUT2D eigenvalue weighted by Gasteiger charge is 1.97. The van der Waals surface area contributed by atoms with Crippen molar-refractivity contribution in [2.75, 3.05) is 17.6 Å². The first-order chi connectivity index (χ1) is 7.86. The minimum absolute atomic E-state index is 0.670. The van der Waals surface area contributed by atoms with Crippen LogP contribution in [-0.2, 0) is 6.42 Å². The first-order valence-electron chi connectivity index (χ1n) is 5.19. The van der Waals surface area contributed by atoms with Gasteiger partial charge < -0.3 is 11.1 Å². The van der Waals surface area contributed by atoms with E-state index in [-0.39, 0.29) is 0 Å². The van der Waals surface area contributed by atoms with Gasteiger partial charge in [-0.25, -0.2) is 0 Å². The smallest absolute Gasteiger partial charge is 0.0736 e. The lowest BCUT2D eigenvalue weighted by atomic mass is 10.2. The Morgan fingerprint density at radius 2 is 2.12 bits per heavy atom. The predicted molar refractivity (Wildman–Crippen MR) is 65.1 cm³/mol. The van der Waals surface area contributed by atoms with Gasteiger partial charge >= 0.3 is 0 Å². The number of nitrogens with one attached hydrogen (secondary N) is 1. The highest BCUT2D eigenvalue weighted by molar-refractivity contribution is 5.64. The van der Waals surface area contributed by atoms with Crippen molar-refractivity contribution in [3.05, 3.63) is 48.5 Å². The highest BCUT2D eigenvalue weighted by Crippen LogP contribution is 2.14. The van der Waals surface area contributed by atoms with Gasteiger partial charge in [0.15, 0.2) is 0 Å². The lowest BCUT2D eigenvalue weighted by molar-refractivity contribution is 0.961. The monoisotopic (exact) mass is 214 g/mol. The molecule has 2 aromatic rings. The molecule has 82 valence electrons. The van der Waals surface area contributed by atoms with Crippen LogP contribution in [-0.4, -0.2) is 16.5 Å². The van der Waals surface area contributed by atoms with Crippen molar-refractivity contribution in [1.82, 2.24) is 9.97 Å². The fourth-order valence-corrected chi connectivity index (χ4v) is 1.44. The average molecular weight is 214 g/mol. The summed E-state index contributed by atoms with van der Waals surface area (Å²) < 4.78 is 0. The summed E-state index contributed by atoms with van der Waals surface area (Å²) in [6.07, 6.45) is 6.04. The molecule has 0 aromatic carbocycles. The molecule has 0 unspecified atom stereocenters. The van der Waals surface area contributed by atoms with Crippen LogP contribution < -0.4 is 11.1 Å². The summed E-state index contributed by atoms with van der Waals surface area (Å²) in [5, 5.41) is 3.26. The largest absolute Gasteiger partial charge is 0.396 e. The van der Waals surface area contributed by atoms with Gasteiger partial charge in [-0.15, -0.1) is 0 Å². The van der Waals surface area contributed by atoms with Crippen molar-refractivity contribution in [3.63, 3.8) is 0 Å². The zero-order valence-electron chi connectivity index (χ0n) is 8.93. The number of anilines is 2. The Balaban J connectivity index is 1.87. The number of hydrogen-bond acceptors (Lipinski definition) is 4. The molecule has 0 bridgehead atoms. The van der Waals surface area contributed by atoms with Gasteiger partial charge in [-0.3, -0.25) is 9.97 Å². The van der Waals surface area contributed by atoms with Gasteiger partial charge in [0, 0.05) is 31.1 Å². The molecular weight excluding hydrogens is 200 g/mol. The molecule has 4 nitrogen and oxygen atoms in total. The molecule has 16 heavy (non-hydrogen) atoms. The number of nitrogen functional groups attached to an aromatic ring is 1. The van der Waals surface area contributed by atoms with E-state index in [9.17, 15) is 0 Å². The lowest BCUT2D eigenvalue weighted by Gasteiger charge is -2.07. The normalized spacial score (nSPS) is 10.0. The van der Waals surface area contributed by atoms with Crippen LogP contribution >= 0.6 is 0 Å². The molecule has 0 spiro atoms. The van der Waals surface area contributed by atoms with E-state index in [1.54, 1.807) is 18.6 Å². The third kappa shape index (κ3) is 2.70. The summed E-state index contributed by atoms with van der Waals surface area (Å²) in [6, 6.07) is 7.78. The molecule has 2 heterocycles. The number of nitrogens with zero attached hydrogens (tertiary/aromatic N) is 2. The first-order valence-corrected chi connectivity index (χ1v) is 5.19. The molecule has 0 aliphatic rings. The Morgan fingerprint density at radius 1 is 1.19 bits per heavy atom. The quantitative estimate of drug-likeness (QED) is 0.813. The second-order valence-corrected chi connectivity index (χ2v) is 3.46. The summed E-state index contributed by atoms with van der Waals surface area (Å²) in [5.41, 5.74) is 8.42. The van der Waals surface area contributed by atoms with Crippen LogP contribution in [0, 0.1) is 0 Å². The third-order valence-corrected chi connectivity index (χ3v) is 2.27. The number of hydrogen-bond donors (Lipinski definition) is 2. The third-order valence-electron chi connectivity index (χ3n) is 2.27. The Kier molecular flexibility index (Phi) is 3.33. The summed E-state index contributed by atoms with van der Waals surface area (Å²) in [5.74, 6) is 0. The van der Waals surface area contributed by atoms with E-state index in [1.165, 1.54) is 0 Å². The van der Waals surface area contributed by atoms with Crippen molar-refractivity contribution in [1.29, 1.82) is 0 Å². The number of nitrogens with two attached hydrogens (primary N) is 1. The molecule has 0 amide bonds.